The summed E-state index contributed by atoms with van der Waals surface area (Å²) in [4.78, 5) is 2.38. The van der Waals surface area contributed by atoms with Crippen LogP contribution in [0.25, 0.3) is 55.6 Å². The third-order valence-corrected chi connectivity index (χ3v) is 10.7. The van der Waals surface area contributed by atoms with Crippen LogP contribution in [0.1, 0.15) is 25.0 Å². The van der Waals surface area contributed by atoms with Crippen LogP contribution in [0.15, 0.2) is 200 Å². The van der Waals surface area contributed by atoms with Gasteiger partial charge in [-0.2, -0.15) is 0 Å². The fourth-order valence-electron chi connectivity index (χ4n) is 7.87. The molecule has 0 saturated carbocycles. The summed E-state index contributed by atoms with van der Waals surface area (Å²) in [6.45, 7) is 4.74. The number of hydrogen-bond donors (Lipinski definition) is 0. The summed E-state index contributed by atoms with van der Waals surface area (Å²) < 4.78 is 0. The molecule has 1 heteroatoms. The average Bonchev–Trinajstić information content (AvgIpc) is 3.44. The Kier molecular flexibility index (Phi) is 7.90. The smallest absolute Gasteiger partial charge is 0.0465 e. The molecule has 0 saturated heterocycles. The lowest BCUT2D eigenvalue weighted by Crippen LogP contribution is -2.16. The minimum absolute atomic E-state index is 0.156. The average molecular weight is 666 g/mol. The molecule has 8 aromatic rings. The van der Waals surface area contributed by atoms with Gasteiger partial charge >= 0.3 is 0 Å². The number of hydrogen-bond acceptors (Lipinski definition) is 1. The zero-order chi connectivity index (χ0) is 35.1. The number of fused-ring (bicyclic) bond motifs is 3. The Morgan fingerprint density at radius 3 is 1.25 bits per heavy atom. The van der Waals surface area contributed by atoms with Crippen LogP contribution in [0.5, 0.6) is 0 Å². The van der Waals surface area contributed by atoms with Gasteiger partial charge in [-0.05, 0) is 115 Å². The molecule has 0 bridgehead atoms. The van der Waals surface area contributed by atoms with Crippen LogP contribution in [-0.4, -0.2) is 0 Å². The second-order valence-corrected chi connectivity index (χ2v) is 14.2. The van der Waals surface area contributed by atoms with Crippen molar-refractivity contribution < 1.29 is 0 Å². The van der Waals surface area contributed by atoms with Crippen LogP contribution in [0.2, 0.25) is 0 Å². The van der Waals surface area contributed by atoms with Gasteiger partial charge < -0.3 is 4.90 Å². The first kappa shape index (κ1) is 31.5. The van der Waals surface area contributed by atoms with Crippen molar-refractivity contribution in [2.75, 3.05) is 4.90 Å². The van der Waals surface area contributed by atoms with Crippen molar-refractivity contribution in [3.63, 3.8) is 0 Å². The fraction of sp³-hybridized carbons (Fsp3) is 0.0588. The standard InChI is InChI=1S/C51H39N/c1-51(2)49-34-43(39-23-21-38(22-24-39)36-13-6-3-7-14-36)27-31-47(49)48-32-30-46(35-50(48)51)52(44-19-10-5-11-20-44)45-28-25-40(26-29-45)42-18-12-17-41(33-42)37-15-8-4-9-16-37/h3-35H,1-2H3. The number of para-hydroxylation sites is 1. The van der Waals surface area contributed by atoms with Crippen LogP contribution in [0.3, 0.4) is 0 Å². The van der Waals surface area contributed by atoms with Gasteiger partial charge in [0.15, 0.2) is 0 Å². The molecule has 0 fully saturated rings. The van der Waals surface area contributed by atoms with Crippen LogP contribution >= 0.6 is 0 Å². The van der Waals surface area contributed by atoms with Gasteiger partial charge in [0.2, 0.25) is 0 Å². The first-order chi connectivity index (χ1) is 25.5. The summed E-state index contributed by atoms with van der Waals surface area (Å²) in [5.74, 6) is 0. The Morgan fingerprint density at radius 2 is 0.654 bits per heavy atom. The maximum atomic E-state index is 2.41. The van der Waals surface area contributed by atoms with Crippen molar-refractivity contribution in [3.8, 4) is 55.6 Å². The molecule has 0 aromatic heterocycles. The quantitative estimate of drug-likeness (QED) is 0.164. The SMILES string of the molecule is CC1(C)c2cc(-c3ccc(-c4ccccc4)cc3)ccc2-c2ccc(N(c3ccccc3)c3ccc(-c4cccc(-c5ccccc5)c4)cc3)cc21. The van der Waals surface area contributed by atoms with Crippen LogP contribution in [0.4, 0.5) is 17.1 Å². The minimum atomic E-state index is -0.156. The molecule has 1 aliphatic carbocycles. The highest BCUT2D eigenvalue weighted by atomic mass is 15.1. The molecule has 0 heterocycles. The first-order valence-corrected chi connectivity index (χ1v) is 18.1. The van der Waals surface area contributed by atoms with Gasteiger partial charge in [-0.1, -0.05) is 166 Å². The largest absolute Gasteiger partial charge is 0.310 e. The van der Waals surface area contributed by atoms with E-state index in [-0.39, 0.29) is 5.41 Å². The molecule has 8 aromatic carbocycles. The summed E-state index contributed by atoms with van der Waals surface area (Å²) in [6, 6.07) is 72.7. The lowest BCUT2D eigenvalue weighted by atomic mass is 9.81. The van der Waals surface area contributed by atoms with Gasteiger partial charge in [0.05, 0.1) is 0 Å². The van der Waals surface area contributed by atoms with Crippen molar-refractivity contribution in [1.29, 1.82) is 0 Å². The van der Waals surface area contributed by atoms with E-state index in [0.717, 1.165) is 17.1 Å². The maximum absolute atomic E-state index is 2.41. The van der Waals surface area contributed by atoms with Gasteiger partial charge in [-0.15, -0.1) is 0 Å². The van der Waals surface area contributed by atoms with Gasteiger partial charge in [-0.25, -0.2) is 0 Å². The molecular formula is C51H39N. The molecule has 1 aliphatic rings. The van der Waals surface area contributed by atoms with Crippen molar-refractivity contribution in [3.05, 3.63) is 211 Å². The predicted molar refractivity (Wildman–Crippen MR) is 220 cm³/mol. The van der Waals surface area contributed by atoms with Crippen LogP contribution < -0.4 is 4.90 Å². The lowest BCUT2D eigenvalue weighted by Gasteiger charge is -2.28. The second kappa shape index (κ2) is 13.0. The van der Waals surface area contributed by atoms with E-state index in [2.05, 4.69) is 219 Å². The summed E-state index contributed by atoms with van der Waals surface area (Å²) in [5.41, 5.74) is 18.5. The Bertz CT molecular complexity index is 2500. The molecule has 1 nitrogen and oxygen atoms in total. The molecule has 0 amide bonds. The van der Waals surface area contributed by atoms with E-state index in [1.165, 1.54) is 66.8 Å². The highest BCUT2D eigenvalue weighted by molar-refractivity contribution is 5.88. The first-order valence-electron chi connectivity index (χ1n) is 18.1. The topological polar surface area (TPSA) is 3.24 Å². The minimum Gasteiger partial charge on any atom is -0.310 e. The highest BCUT2D eigenvalue weighted by Gasteiger charge is 2.36. The van der Waals surface area contributed by atoms with E-state index in [1.54, 1.807) is 0 Å². The van der Waals surface area contributed by atoms with Crippen LogP contribution in [0, 0.1) is 0 Å². The molecule has 0 unspecified atom stereocenters. The Hall–Kier alpha value is -6.44. The number of benzene rings is 8. The number of anilines is 3. The molecule has 248 valence electrons. The molecule has 0 spiro atoms. The van der Waals surface area contributed by atoms with Crippen LogP contribution in [-0.2, 0) is 5.41 Å². The van der Waals surface area contributed by atoms with Crippen molar-refractivity contribution in [2.24, 2.45) is 0 Å². The normalized spacial score (nSPS) is 12.6. The molecule has 0 N–H and O–H groups in total. The number of nitrogens with zero attached hydrogens (tertiary/aromatic N) is 1. The third kappa shape index (κ3) is 5.71. The van der Waals surface area contributed by atoms with E-state index in [9.17, 15) is 0 Å². The van der Waals surface area contributed by atoms with E-state index >= 15 is 0 Å². The fourth-order valence-corrected chi connectivity index (χ4v) is 7.87. The zero-order valence-corrected chi connectivity index (χ0v) is 29.5. The highest BCUT2D eigenvalue weighted by Crippen LogP contribution is 2.51. The zero-order valence-electron chi connectivity index (χ0n) is 29.5. The van der Waals surface area contributed by atoms with E-state index in [4.69, 9.17) is 0 Å². The molecule has 0 atom stereocenters. The van der Waals surface area contributed by atoms with Gasteiger partial charge in [0.25, 0.3) is 0 Å². The molecule has 9 rings (SSSR count). The Balaban J connectivity index is 1.05. The monoisotopic (exact) mass is 665 g/mol. The predicted octanol–water partition coefficient (Wildman–Crippen LogP) is 14.1. The van der Waals surface area contributed by atoms with Crippen molar-refractivity contribution >= 4 is 17.1 Å². The van der Waals surface area contributed by atoms with E-state index in [0.29, 0.717) is 0 Å². The maximum Gasteiger partial charge on any atom is 0.0465 e. The Morgan fingerprint density at radius 1 is 0.288 bits per heavy atom. The molecular weight excluding hydrogens is 627 g/mol. The summed E-state index contributed by atoms with van der Waals surface area (Å²) in [7, 11) is 0. The van der Waals surface area contributed by atoms with Gasteiger partial charge in [0, 0.05) is 22.5 Å². The number of rotatable bonds is 7. The summed E-state index contributed by atoms with van der Waals surface area (Å²) in [6.07, 6.45) is 0. The van der Waals surface area contributed by atoms with Crippen molar-refractivity contribution in [1.82, 2.24) is 0 Å². The summed E-state index contributed by atoms with van der Waals surface area (Å²) >= 11 is 0. The van der Waals surface area contributed by atoms with Gasteiger partial charge in [0.1, 0.15) is 0 Å². The Labute approximate surface area is 307 Å². The van der Waals surface area contributed by atoms with Crippen molar-refractivity contribution in [2.45, 2.75) is 19.3 Å². The summed E-state index contributed by atoms with van der Waals surface area (Å²) in [5, 5.41) is 0. The lowest BCUT2D eigenvalue weighted by molar-refractivity contribution is 0.660. The van der Waals surface area contributed by atoms with Gasteiger partial charge in [-0.3, -0.25) is 0 Å². The second-order valence-electron chi connectivity index (χ2n) is 14.2. The third-order valence-electron chi connectivity index (χ3n) is 10.7. The molecule has 52 heavy (non-hydrogen) atoms. The van der Waals surface area contributed by atoms with E-state index in [1.807, 2.05) is 0 Å². The molecule has 0 radical (unpaired) electrons. The molecule has 0 aliphatic heterocycles. The van der Waals surface area contributed by atoms with E-state index < -0.39 is 0 Å².